The maximum atomic E-state index is 13.3. The molecule has 0 amide bonds. The van der Waals surface area contributed by atoms with Gasteiger partial charge in [-0.1, -0.05) is 70.7 Å². The summed E-state index contributed by atoms with van der Waals surface area (Å²) >= 11 is 13.5. The van der Waals surface area contributed by atoms with Crippen molar-refractivity contribution in [3.63, 3.8) is 0 Å². The first-order valence-electron chi connectivity index (χ1n) is 11.3. The predicted octanol–water partition coefficient (Wildman–Crippen LogP) is 7.69. The van der Waals surface area contributed by atoms with E-state index < -0.39 is 0 Å². The summed E-state index contributed by atoms with van der Waals surface area (Å²) in [5, 5.41) is 5.47. The van der Waals surface area contributed by atoms with Gasteiger partial charge in [0.05, 0.1) is 26.6 Å². The Morgan fingerprint density at radius 2 is 1.97 bits per heavy atom. The van der Waals surface area contributed by atoms with Crippen LogP contribution in [0.3, 0.4) is 0 Å². The minimum absolute atomic E-state index is 0.207. The van der Waals surface area contributed by atoms with Crippen molar-refractivity contribution in [1.82, 2.24) is 9.66 Å². The Bertz CT molecular complexity index is 1440. The standard InChI is InChI=1S/C27H24Br2ClN3O2/c1-3-4-8-25-32-24-10-9-20(28)14-21(24)27(34)33(25)31-15-19-12-22(29)26(23(30)13-19)35-16-18-7-5-6-17(2)11-18/h5-7,9-15H,3-4,8,16H2,1-2H3. The summed E-state index contributed by atoms with van der Waals surface area (Å²) < 4.78 is 8.88. The lowest BCUT2D eigenvalue weighted by Crippen LogP contribution is -2.22. The van der Waals surface area contributed by atoms with Crippen molar-refractivity contribution in [2.75, 3.05) is 0 Å². The number of aromatic nitrogens is 2. The first-order valence-corrected chi connectivity index (χ1v) is 13.2. The van der Waals surface area contributed by atoms with Crippen LogP contribution in [0.25, 0.3) is 10.9 Å². The second-order valence-electron chi connectivity index (χ2n) is 8.25. The van der Waals surface area contributed by atoms with Crippen LogP contribution in [0.15, 0.2) is 73.4 Å². The van der Waals surface area contributed by atoms with Gasteiger partial charge in [0.1, 0.15) is 12.4 Å². The zero-order valence-corrected chi connectivity index (χ0v) is 23.3. The van der Waals surface area contributed by atoms with Crippen molar-refractivity contribution in [2.45, 2.75) is 39.7 Å². The van der Waals surface area contributed by atoms with E-state index in [0.717, 1.165) is 28.4 Å². The first-order chi connectivity index (χ1) is 16.9. The molecule has 0 atom stereocenters. The number of hydrogen-bond acceptors (Lipinski definition) is 4. The molecule has 1 aromatic heterocycles. The molecule has 0 aliphatic carbocycles. The quantitative estimate of drug-likeness (QED) is 0.191. The van der Waals surface area contributed by atoms with Gasteiger partial charge in [-0.2, -0.15) is 9.78 Å². The highest BCUT2D eigenvalue weighted by Crippen LogP contribution is 2.34. The van der Waals surface area contributed by atoms with Crippen LogP contribution in [0.5, 0.6) is 5.75 Å². The van der Waals surface area contributed by atoms with Gasteiger partial charge in [-0.15, -0.1) is 0 Å². The van der Waals surface area contributed by atoms with Crippen molar-refractivity contribution >= 4 is 60.6 Å². The highest BCUT2D eigenvalue weighted by atomic mass is 79.9. The smallest absolute Gasteiger partial charge is 0.282 e. The molecule has 8 heteroatoms. The van der Waals surface area contributed by atoms with Gasteiger partial charge in [0, 0.05) is 10.9 Å². The number of nitrogens with zero attached hydrogens (tertiary/aromatic N) is 3. The molecule has 0 bridgehead atoms. The van der Waals surface area contributed by atoms with Crippen LogP contribution in [0.1, 0.15) is 42.3 Å². The van der Waals surface area contributed by atoms with Crippen LogP contribution in [0.2, 0.25) is 5.02 Å². The third-order valence-electron chi connectivity index (χ3n) is 5.44. The molecule has 0 aliphatic rings. The summed E-state index contributed by atoms with van der Waals surface area (Å²) in [4.78, 5) is 18.0. The SMILES string of the molecule is CCCCc1nc2ccc(Br)cc2c(=O)n1N=Cc1cc(Cl)c(OCc2cccc(C)c2)c(Br)c1. The summed E-state index contributed by atoms with van der Waals surface area (Å²) in [5.41, 5.74) is 3.42. The van der Waals surface area contributed by atoms with E-state index >= 15 is 0 Å². The minimum Gasteiger partial charge on any atom is -0.486 e. The Kier molecular flexibility index (Phi) is 8.42. The van der Waals surface area contributed by atoms with E-state index in [0.29, 0.717) is 45.0 Å². The molecule has 0 N–H and O–H groups in total. The molecule has 0 unspecified atom stereocenters. The third-order valence-corrected chi connectivity index (χ3v) is 6.80. The summed E-state index contributed by atoms with van der Waals surface area (Å²) in [7, 11) is 0. The third kappa shape index (κ3) is 6.21. The molecular weight excluding hydrogens is 594 g/mol. The molecule has 0 spiro atoms. The summed E-state index contributed by atoms with van der Waals surface area (Å²) in [6.07, 6.45) is 4.17. The number of fused-ring (bicyclic) bond motifs is 1. The van der Waals surface area contributed by atoms with Gasteiger partial charge in [-0.05, 0) is 70.7 Å². The van der Waals surface area contributed by atoms with Gasteiger partial charge < -0.3 is 4.74 Å². The zero-order chi connectivity index (χ0) is 24.9. The maximum absolute atomic E-state index is 13.3. The number of rotatable bonds is 8. The second kappa shape index (κ2) is 11.5. The molecular formula is C27H24Br2ClN3O2. The fourth-order valence-corrected chi connectivity index (χ4v) is 5.03. The predicted molar refractivity (Wildman–Crippen MR) is 150 cm³/mol. The molecule has 3 aromatic carbocycles. The molecule has 180 valence electrons. The zero-order valence-electron chi connectivity index (χ0n) is 19.4. The van der Waals surface area contributed by atoms with E-state index in [4.69, 9.17) is 21.3 Å². The first kappa shape index (κ1) is 25.6. The van der Waals surface area contributed by atoms with Crippen LogP contribution in [0.4, 0.5) is 0 Å². The van der Waals surface area contributed by atoms with Crippen LogP contribution in [-0.4, -0.2) is 15.9 Å². The summed E-state index contributed by atoms with van der Waals surface area (Å²) in [6.45, 7) is 4.55. The largest absolute Gasteiger partial charge is 0.486 e. The molecule has 0 radical (unpaired) electrons. The van der Waals surface area contributed by atoms with Crippen molar-refractivity contribution in [3.05, 3.63) is 101 Å². The maximum Gasteiger partial charge on any atom is 0.282 e. The lowest BCUT2D eigenvalue weighted by atomic mass is 10.1. The molecule has 4 rings (SSSR count). The van der Waals surface area contributed by atoms with Gasteiger partial charge in [0.15, 0.2) is 5.75 Å². The van der Waals surface area contributed by atoms with Crippen LogP contribution < -0.4 is 10.3 Å². The highest BCUT2D eigenvalue weighted by Gasteiger charge is 2.12. The molecule has 35 heavy (non-hydrogen) atoms. The molecule has 0 saturated carbocycles. The van der Waals surface area contributed by atoms with Crippen LogP contribution >= 0.6 is 43.5 Å². The topological polar surface area (TPSA) is 56.5 Å². The van der Waals surface area contributed by atoms with Crippen LogP contribution in [-0.2, 0) is 13.0 Å². The summed E-state index contributed by atoms with van der Waals surface area (Å²) in [5.74, 6) is 1.19. The van der Waals surface area contributed by atoms with E-state index in [9.17, 15) is 4.79 Å². The molecule has 4 aromatic rings. The highest BCUT2D eigenvalue weighted by molar-refractivity contribution is 9.10. The number of unbranched alkanes of at least 4 members (excludes halogenated alkanes) is 1. The Morgan fingerprint density at radius 1 is 1.14 bits per heavy atom. The fraction of sp³-hybridized carbons (Fsp3) is 0.222. The van der Waals surface area contributed by atoms with Crippen molar-refractivity contribution in [2.24, 2.45) is 5.10 Å². The number of hydrogen-bond donors (Lipinski definition) is 0. The lowest BCUT2D eigenvalue weighted by Gasteiger charge is -2.12. The van der Waals surface area contributed by atoms with Crippen molar-refractivity contribution in [3.8, 4) is 5.75 Å². The average molecular weight is 618 g/mol. The monoisotopic (exact) mass is 615 g/mol. The van der Waals surface area contributed by atoms with E-state index in [-0.39, 0.29) is 5.56 Å². The summed E-state index contributed by atoms with van der Waals surface area (Å²) in [6, 6.07) is 17.3. The van der Waals surface area contributed by atoms with Gasteiger partial charge in [-0.3, -0.25) is 4.79 Å². The minimum atomic E-state index is -0.207. The Morgan fingerprint density at radius 3 is 2.71 bits per heavy atom. The molecule has 1 heterocycles. The van der Waals surface area contributed by atoms with Gasteiger partial charge in [-0.25, -0.2) is 4.98 Å². The molecule has 5 nitrogen and oxygen atoms in total. The Balaban J connectivity index is 1.64. The van der Waals surface area contributed by atoms with Crippen LogP contribution in [0, 0.1) is 6.92 Å². The molecule has 0 aliphatic heterocycles. The number of aryl methyl sites for hydroxylation is 2. The Labute approximate surface area is 226 Å². The molecule has 0 saturated heterocycles. The number of ether oxygens (including phenoxy) is 1. The van der Waals surface area contributed by atoms with Crippen molar-refractivity contribution < 1.29 is 4.74 Å². The Hall–Kier alpha value is -2.48. The van der Waals surface area contributed by atoms with E-state index in [2.05, 4.69) is 50.0 Å². The van der Waals surface area contributed by atoms with E-state index in [1.165, 1.54) is 10.2 Å². The second-order valence-corrected chi connectivity index (χ2v) is 10.4. The lowest BCUT2D eigenvalue weighted by molar-refractivity contribution is 0.304. The van der Waals surface area contributed by atoms with E-state index in [1.807, 2.05) is 43.3 Å². The normalized spacial score (nSPS) is 11.5. The number of halogens is 3. The van der Waals surface area contributed by atoms with Gasteiger partial charge >= 0.3 is 0 Å². The fourth-order valence-electron chi connectivity index (χ4n) is 3.68. The van der Waals surface area contributed by atoms with E-state index in [1.54, 1.807) is 18.3 Å². The molecule has 0 fully saturated rings. The van der Waals surface area contributed by atoms with Gasteiger partial charge in [0.25, 0.3) is 5.56 Å². The van der Waals surface area contributed by atoms with Crippen molar-refractivity contribution in [1.29, 1.82) is 0 Å². The van der Waals surface area contributed by atoms with Gasteiger partial charge in [0.2, 0.25) is 0 Å². The number of benzene rings is 3. The average Bonchev–Trinajstić information content (AvgIpc) is 2.82.